The maximum atomic E-state index is 11.0. The number of hydrogen-bond donors (Lipinski definition) is 1. The minimum atomic E-state index is -0.648. The zero-order valence-corrected chi connectivity index (χ0v) is 12.7. The zero-order chi connectivity index (χ0) is 16.4. The van der Waals surface area contributed by atoms with E-state index in [4.69, 9.17) is 11.6 Å². The molecule has 0 atom stereocenters. The number of hydrogen-bond acceptors (Lipinski definition) is 6. The van der Waals surface area contributed by atoms with Crippen LogP contribution in [0.4, 0.5) is 11.4 Å². The van der Waals surface area contributed by atoms with Crippen LogP contribution in [0.25, 0.3) is 0 Å². The SMILES string of the molecule is N#C[C@]1(c2ccccn2)C[C@@H](Nc2cc(Cl)ncc2[N+](=O)[O-])C1. The molecule has 116 valence electrons. The van der Waals surface area contributed by atoms with Crippen molar-refractivity contribution in [3.8, 4) is 6.07 Å². The van der Waals surface area contributed by atoms with Crippen LogP contribution in [0, 0.1) is 21.4 Å². The predicted molar refractivity (Wildman–Crippen MR) is 84.1 cm³/mol. The van der Waals surface area contributed by atoms with Crippen LogP contribution in [-0.4, -0.2) is 20.9 Å². The highest BCUT2D eigenvalue weighted by molar-refractivity contribution is 6.29. The van der Waals surface area contributed by atoms with Crippen LogP contribution in [0.2, 0.25) is 5.15 Å². The molecule has 8 heteroatoms. The highest BCUT2D eigenvalue weighted by atomic mass is 35.5. The number of pyridine rings is 2. The molecule has 0 amide bonds. The van der Waals surface area contributed by atoms with Gasteiger partial charge in [-0.3, -0.25) is 15.1 Å². The van der Waals surface area contributed by atoms with Gasteiger partial charge in [-0.15, -0.1) is 0 Å². The van der Waals surface area contributed by atoms with E-state index in [1.807, 2.05) is 12.1 Å². The van der Waals surface area contributed by atoms with E-state index in [1.165, 1.54) is 6.07 Å². The standard InChI is InChI=1S/C15H12ClN5O2/c16-14-5-11(12(8-19-14)21(22)23)20-10-6-15(7-10,9-17)13-3-1-2-4-18-13/h1-5,8,10H,6-7H2,(H,19,20)/t10-,15+. The third kappa shape index (κ3) is 2.81. The van der Waals surface area contributed by atoms with E-state index in [2.05, 4.69) is 21.4 Å². The molecule has 0 unspecified atom stereocenters. The van der Waals surface area contributed by atoms with E-state index in [0.29, 0.717) is 18.5 Å². The lowest BCUT2D eigenvalue weighted by Crippen LogP contribution is -2.48. The lowest BCUT2D eigenvalue weighted by Gasteiger charge is -2.42. The molecule has 0 bridgehead atoms. The van der Waals surface area contributed by atoms with Crippen molar-refractivity contribution in [2.45, 2.75) is 24.3 Å². The monoisotopic (exact) mass is 329 g/mol. The smallest absolute Gasteiger partial charge is 0.310 e. The van der Waals surface area contributed by atoms with E-state index < -0.39 is 10.3 Å². The number of aromatic nitrogens is 2. The van der Waals surface area contributed by atoms with Gasteiger partial charge in [-0.1, -0.05) is 17.7 Å². The molecule has 0 saturated heterocycles. The average molecular weight is 330 g/mol. The normalized spacial score (nSPS) is 22.7. The number of nitro groups is 1. The second kappa shape index (κ2) is 5.82. The molecule has 0 aliphatic heterocycles. The summed E-state index contributed by atoms with van der Waals surface area (Å²) in [5.74, 6) is 0. The van der Waals surface area contributed by atoms with Gasteiger partial charge in [0.2, 0.25) is 0 Å². The van der Waals surface area contributed by atoms with Crippen LogP contribution in [0.5, 0.6) is 0 Å². The Kier molecular flexibility index (Phi) is 3.84. The van der Waals surface area contributed by atoms with Gasteiger partial charge in [0.15, 0.2) is 0 Å². The quantitative estimate of drug-likeness (QED) is 0.525. The Hall–Kier alpha value is -2.72. The van der Waals surface area contributed by atoms with Gasteiger partial charge in [-0.05, 0) is 25.0 Å². The summed E-state index contributed by atoms with van der Waals surface area (Å²) in [4.78, 5) is 18.5. The lowest BCUT2D eigenvalue weighted by atomic mass is 9.64. The highest BCUT2D eigenvalue weighted by Gasteiger charge is 2.47. The lowest BCUT2D eigenvalue weighted by molar-refractivity contribution is -0.384. The summed E-state index contributed by atoms with van der Waals surface area (Å²) in [6, 6.07) is 9.15. The van der Waals surface area contributed by atoms with Crippen LogP contribution < -0.4 is 5.32 Å². The van der Waals surface area contributed by atoms with Crippen molar-refractivity contribution in [3.63, 3.8) is 0 Å². The second-order valence-corrected chi connectivity index (χ2v) is 5.83. The second-order valence-electron chi connectivity index (χ2n) is 5.44. The molecule has 1 aliphatic carbocycles. The summed E-state index contributed by atoms with van der Waals surface area (Å²) in [5.41, 5.74) is 0.252. The molecule has 0 radical (unpaired) electrons. The maximum absolute atomic E-state index is 11.0. The molecule has 1 N–H and O–H groups in total. The Morgan fingerprint density at radius 3 is 2.83 bits per heavy atom. The minimum Gasteiger partial charge on any atom is -0.376 e. The Balaban J connectivity index is 1.77. The molecule has 2 aromatic heterocycles. The van der Waals surface area contributed by atoms with E-state index in [1.54, 1.807) is 12.3 Å². The van der Waals surface area contributed by atoms with E-state index in [-0.39, 0.29) is 16.9 Å². The predicted octanol–water partition coefficient (Wildman–Crippen LogP) is 3.07. The molecule has 7 nitrogen and oxygen atoms in total. The first-order valence-corrected chi connectivity index (χ1v) is 7.31. The zero-order valence-electron chi connectivity index (χ0n) is 11.9. The van der Waals surface area contributed by atoms with E-state index >= 15 is 0 Å². The molecule has 2 heterocycles. The Labute approximate surface area is 137 Å². The highest BCUT2D eigenvalue weighted by Crippen LogP contribution is 2.44. The van der Waals surface area contributed by atoms with Crippen molar-refractivity contribution in [1.29, 1.82) is 5.26 Å². The summed E-state index contributed by atoms with van der Waals surface area (Å²) in [6.45, 7) is 0. The number of halogens is 1. The van der Waals surface area contributed by atoms with Crippen LogP contribution in [0.3, 0.4) is 0 Å². The average Bonchev–Trinajstić information content (AvgIpc) is 2.51. The fraction of sp³-hybridized carbons (Fsp3) is 0.267. The first kappa shape index (κ1) is 15.2. The van der Waals surface area contributed by atoms with Gasteiger partial charge >= 0.3 is 5.69 Å². The Bertz CT molecular complexity index is 784. The van der Waals surface area contributed by atoms with Crippen LogP contribution >= 0.6 is 11.6 Å². The maximum Gasteiger partial charge on any atom is 0.310 e. The van der Waals surface area contributed by atoms with Gasteiger partial charge in [0.05, 0.1) is 16.7 Å². The summed E-state index contributed by atoms with van der Waals surface area (Å²) < 4.78 is 0. The molecule has 23 heavy (non-hydrogen) atoms. The van der Waals surface area contributed by atoms with Gasteiger partial charge in [-0.25, -0.2) is 4.98 Å². The topological polar surface area (TPSA) is 105 Å². The number of anilines is 1. The first-order chi connectivity index (χ1) is 11.0. The summed E-state index contributed by atoms with van der Waals surface area (Å²) in [6.07, 6.45) is 3.83. The van der Waals surface area contributed by atoms with Crippen LogP contribution in [0.1, 0.15) is 18.5 Å². The van der Waals surface area contributed by atoms with E-state index in [9.17, 15) is 15.4 Å². The van der Waals surface area contributed by atoms with Crippen molar-refractivity contribution >= 4 is 23.0 Å². The first-order valence-electron chi connectivity index (χ1n) is 6.93. The third-order valence-electron chi connectivity index (χ3n) is 3.96. The third-order valence-corrected chi connectivity index (χ3v) is 4.17. The number of nitrogens with one attached hydrogen (secondary N) is 1. The molecule has 0 aromatic carbocycles. The van der Waals surface area contributed by atoms with Crippen molar-refractivity contribution in [3.05, 3.63) is 57.6 Å². The fourth-order valence-electron chi connectivity index (χ4n) is 2.79. The molecular formula is C15H12ClN5O2. The van der Waals surface area contributed by atoms with Gasteiger partial charge in [0, 0.05) is 18.3 Å². The molecule has 0 spiro atoms. The molecule has 2 aromatic rings. The number of nitrogens with zero attached hydrogens (tertiary/aromatic N) is 4. The number of nitriles is 1. The van der Waals surface area contributed by atoms with Gasteiger partial charge in [0.25, 0.3) is 0 Å². The molecule has 1 aliphatic rings. The van der Waals surface area contributed by atoms with Gasteiger partial charge in [-0.2, -0.15) is 5.26 Å². The van der Waals surface area contributed by atoms with Gasteiger partial charge in [0.1, 0.15) is 22.5 Å². The Morgan fingerprint density at radius 1 is 1.43 bits per heavy atom. The Morgan fingerprint density at radius 2 is 2.22 bits per heavy atom. The molecule has 1 saturated carbocycles. The van der Waals surface area contributed by atoms with Crippen molar-refractivity contribution < 1.29 is 4.92 Å². The van der Waals surface area contributed by atoms with Gasteiger partial charge < -0.3 is 5.32 Å². The minimum absolute atomic E-state index is 0.0613. The number of rotatable bonds is 4. The fourth-order valence-corrected chi connectivity index (χ4v) is 2.95. The molecular weight excluding hydrogens is 318 g/mol. The summed E-state index contributed by atoms with van der Waals surface area (Å²) in [7, 11) is 0. The van der Waals surface area contributed by atoms with E-state index in [0.717, 1.165) is 11.9 Å². The van der Waals surface area contributed by atoms with Crippen molar-refractivity contribution in [2.75, 3.05) is 5.32 Å². The van der Waals surface area contributed by atoms with Crippen molar-refractivity contribution in [2.24, 2.45) is 0 Å². The largest absolute Gasteiger partial charge is 0.376 e. The summed E-state index contributed by atoms with van der Waals surface area (Å²) >= 11 is 5.81. The van der Waals surface area contributed by atoms with Crippen LogP contribution in [-0.2, 0) is 5.41 Å². The molecule has 1 fully saturated rings. The van der Waals surface area contributed by atoms with Crippen LogP contribution in [0.15, 0.2) is 36.7 Å². The summed E-state index contributed by atoms with van der Waals surface area (Å²) in [5, 5.41) is 23.8. The molecule has 3 rings (SSSR count). The van der Waals surface area contributed by atoms with Crippen molar-refractivity contribution in [1.82, 2.24) is 9.97 Å².